The molecular weight excluding hydrogens is 304 g/mol. The summed E-state index contributed by atoms with van der Waals surface area (Å²) in [7, 11) is 0. The second-order valence-electron chi connectivity index (χ2n) is 5.45. The molecular formula is C12H22O10. The van der Waals surface area contributed by atoms with Crippen LogP contribution in [0.1, 0.15) is 13.3 Å². The van der Waals surface area contributed by atoms with Crippen molar-refractivity contribution in [2.24, 2.45) is 0 Å². The highest BCUT2D eigenvalue weighted by Crippen LogP contribution is 2.34. The lowest BCUT2D eigenvalue weighted by atomic mass is 9.97. The molecule has 2 aliphatic heterocycles. The van der Waals surface area contributed by atoms with Gasteiger partial charge >= 0.3 is 5.97 Å². The van der Waals surface area contributed by atoms with E-state index in [1.165, 1.54) is 0 Å². The Morgan fingerprint density at radius 2 is 1.59 bits per heavy atom. The second kappa shape index (κ2) is 6.61. The van der Waals surface area contributed by atoms with Gasteiger partial charge in [0.1, 0.15) is 30.5 Å². The van der Waals surface area contributed by atoms with Crippen LogP contribution in [0.15, 0.2) is 0 Å². The van der Waals surface area contributed by atoms with Crippen molar-refractivity contribution in [2.45, 2.75) is 68.3 Å². The Morgan fingerprint density at radius 3 is 2.09 bits per heavy atom. The first-order chi connectivity index (χ1) is 10.2. The van der Waals surface area contributed by atoms with Crippen molar-refractivity contribution in [3.63, 3.8) is 0 Å². The van der Waals surface area contributed by atoms with E-state index in [2.05, 4.69) is 0 Å². The molecule has 2 aliphatic rings. The summed E-state index contributed by atoms with van der Waals surface area (Å²) in [6, 6.07) is 0. The van der Waals surface area contributed by atoms with Crippen molar-refractivity contribution in [1.29, 1.82) is 0 Å². The van der Waals surface area contributed by atoms with Gasteiger partial charge in [0.2, 0.25) is 0 Å². The second-order valence-corrected chi connectivity index (χ2v) is 5.45. The fourth-order valence-electron chi connectivity index (χ4n) is 2.54. The van der Waals surface area contributed by atoms with Gasteiger partial charge < -0.3 is 45.2 Å². The quantitative estimate of drug-likeness (QED) is 0.253. The van der Waals surface area contributed by atoms with E-state index in [4.69, 9.17) is 19.3 Å². The van der Waals surface area contributed by atoms with Gasteiger partial charge in [-0.1, -0.05) is 6.92 Å². The molecule has 2 rings (SSSR count). The molecule has 0 bridgehead atoms. The van der Waals surface area contributed by atoms with Crippen molar-refractivity contribution < 1.29 is 50.0 Å². The van der Waals surface area contributed by atoms with E-state index in [0.29, 0.717) is 0 Å². The van der Waals surface area contributed by atoms with Crippen molar-refractivity contribution in [3.05, 3.63) is 0 Å². The lowest BCUT2D eigenvalue weighted by molar-refractivity contribution is -0.441. The van der Waals surface area contributed by atoms with E-state index in [1.54, 1.807) is 6.92 Å². The summed E-state index contributed by atoms with van der Waals surface area (Å²) < 4.78 is 15.1. The summed E-state index contributed by atoms with van der Waals surface area (Å²) in [4.78, 5) is 0. The van der Waals surface area contributed by atoms with E-state index >= 15 is 0 Å². The van der Waals surface area contributed by atoms with Gasteiger partial charge in [0.15, 0.2) is 12.4 Å². The molecule has 2 saturated heterocycles. The number of ether oxygens (including phenoxy) is 3. The lowest BCUT2D eigenvalue weighted by Gasteiger charge is -2.42. The van der Waals surface area contributed by atoms with Crippen molar-refractivity contribution in [1.82, 2.24) is 0 Å². The molecule has 10 heteroatoms. The van der Waals surface area contributed by atoms with E-state index in [0.717, 1.165) is 0 Å². The molecule has 0 radical (unpaired) electrons. The molecule has 2 heterocycles. The fraction of sp³-hybridized carbons (Fsp3) is 1.00. The van der Waals surface area contributed by atoms with E-state index < -0.39 is 61.6 Å². The largest absolute Gasteiger partial charge is 0.394 e. The Hall–Kier alpha value is -0.400. The van der Waals surface area contributed by atoms with Crippen LogP contribution >= 0.6 is 0 Å². The number of rotatable bonds is 4. The zero-order chi connectivity index (χ0) is 16.7. The van der Waals surface area contributed by atoms with Gasteiger partial charge in [0, 0.05) is 0 Å². The molecule has 7 N–H and O–H groups in total. The third-order valence-electron chi connectivity index (χ3n) is 3.93. The van der Waals surface area contributed by atoms with Crippen molar-refractivity contribution in [2.75, 3.05) is 6.61 Å². The van der Waals surface area contributed by atoms with Crippen LogP contribution < -0.4 is 0 Å². The normalized spacial score (nSPS) is 52.9. The van der Waals surface area contributed by atoms with Gasteiger partial charge in [-0.2, -0.15) is 0 Å². The average molecular weight is 326 g/mol. The Kier molecular flexibility index (Phi) is 5.39. The monoisotopic (exact) mass is 326 g/mol. The Morgan fingerprint density at radius 1 is 0.955 bits per heavy atom. The minimum Gasteiger partial charge on any atom is -0.394 e. The summed E-state index contributed by atoms with van der Waals surface area (Å²) in [6.07, 6.45) is -11.7. The predicted molar refractivity (Wildman–Crippen MR) is 67.0 cm³/mol. The summed E-state index contributed by atoms with van der Waals surface area (Å²) in [5, 5.41) is 67.8. The number of hydrogen-bond acceptors (Lipinski definition) is 10. The Bertz CT molecular complexity index is 379. The topological polar surface area (TPSA) is 169 Å². The van der Waals surface area contributed by atoms with Crippen LogP contribution in [0.3, 0.4) is 0 Å². The Balaban J connectivity index is 2.12. The van der Waals surface area contributed by atoms with Crippen LogP contribution in [0.2, 0.25) is 0 Å². The molecule has 0 aliphatic carbocycles. The maximum Gasteiger partial charge on any atom is 0.313 e. The molecule has 22 heavy (non-hydrogen) atoms. The summed E-state index contributed by atoms with van der Waals surface area (Å²) in [5.74, 6) is -2.74. The van der Waals surface area contributed by atoms with E-state index in [1.807, 2.05) is 0 Å². The SMILES string of the molecule is CC[C@H]1OC(O[C@]2(O)O[C@H](CO)[C@@H](O)[C@@H]2O)[C@H](O)[C@@H](O)[C@@H]1O. The Labute approximate surface area is 126 Å². The molecule has 9 atom stereocenters. The van der Waals surface area contributed by atoms with Crippen LogP contribution in [0, 0.1) is 0 Å². The highest BCUT2D eigenvalue weighted by molar-refractivity contribution is 4.93. The molecule has 0 spiro atoms. The van der Waals surface area contributed by atoms with Gasteiger partial charge in [-0.3, -0.25) is 4.74 Å². The van der Waals surface area contributed by atoms with E-state index in [9.17, 15) is 30.6 Å². The summed E-state index contributed by atoms with van der Waals surface area (Å²) >= 11 is 0. The average Bonchev–Trinajstić information content (AvgIpc) is 2.72. The zero-order valence-corrected chi connectivity index (χ0v) is 11.9. The van der Waals surface area contributed by atoms with Crippen molar-refractivity contribution >= 4 is 0 Å². The maximum absolute atomic E-state index is 10.1. The molecule has 0 aromatic carbocycles. The lowest BCUT2D eigenvalue weighted by Crippen LogP contribution is -2.61. The summed E-state index contributed by atoms with van der Waals surface area (Å²) in [5.41, 5.74) is 0. The van der Waals surface area contributed by atoms with Crippen molar-refractivity contribution in [3.8, 4) is 0 Å². The first kappa shape index (κ1) is 17.9. The molecule has 0 amide bonds. The van der Waals surface area contributed by atoms with Crippen LogP contribution in [-0.4, -0.2) is 97.3 Å². The van der Waals surface area contributed by atoms with E-state index in [-0.39, 0.29) is 6.42 Å². The maximum atomic E-state index is 10.1. The van der Waals surface area contributed by atoms with Gasteiger partial charge in [0.25, 0.3) is 0 Å². The molecule has 0 aromatic rings. The summed E-state index contributed by atoms with van der Waals surface area (Å²) in [6.45, 7) is 0.980. The molecule has 10 nitrogen and oxygen atoms in total. The highest BCUT2D eigenvalue weighted by Gasteiger charge is 2.58. The molecule has 2 fully saturated rings. The van der Waals surface area contributed by atoms with Crippen LogP contribution in [-0.2, 0) is 14.2 Å². The number of hydrogen-bond donors (Lipinski definition) is 7. The number of aliphatic hydroxyl groups is 7. The molecule has 1 unspecified atom stereocenters. The minimum atomic E-state index is -2.74. The smallest absolute Gasteiger partial charge is 0.313 e. The first-order valence-corrected chi connectivity index (χ1v) is 6.99. The minimum absolute atomic E-state index is 0.286. The van der Waals surface area contributed by atoms with Crippen LogP contribution in [0.5, 0.6) is 0 Å². The molecule has 0 saturated carbocycles. The number of aliphatic hydroxyl groups excluding tert-OH is 6. The third-order valence-corrected chi connectivity index (χ3v) is 3.93. The van der Waals surface area contributed by atoms with Gasteiger partial charge in [-0.05, 0) is 6.42 Å². The van der Waals surface area contributed by atoms with Gasteiger partial charge in [0.05, 0.1) is 12.7 Å². The highest BCUT2D eigenvalue weighted by atomic mass is 16.9. The first-order valence-electron chi connectivity index (χ1n) is 6.99. The predicted octanol–water partition coefficient (Wildman–Crippen LogP) is -4.02. The third kappa shape index (κ3) is 2.99. The van der Waals surface area contributed by atoms with Crippen LogP contribution in [0.4, 0.5) is 0 Å². The zero-order valence-electron chi connectivity index (χ0n) is 11.9. The standard InChI is InChI=1S/C12H22O10/c1-2-4-6(14)8(16)9(17)11(20-4)22-12(19)10(18)7(15)5(3-13)21-12/h4-11,13-19H,2-3H2,1H3/t4-,5-,6-,7-,8+,9-,10+,11?,12-/m1/s1. The van der Waals surface area contributed by atoms with Crippen LogP contribution in [0.25, 0.3) is 0 Å². The molecule has 0 aromatic heterocycles. The fourth-order valence-corrected chi connectivity index (χ4v) is 2.54. The van der Waals surface area contributed by atoms with Gasteiger partial charge in [-0.15, -0.1) is 0 Å². The molecule has 130 valence electrons. The van der Waals surface area contributed by atoms with Gasteiger partial charge in [-0.25, -0.2) is 0 Å².